The summed E-state index contributed by atoms with van der Waals surface area (Å²) in [5.74, 6) is -1.14. The molecule has 0 saturated carbocycles. The Bertz CT molecular complexity index is 5810. The van der Waals surface area contributed by atoms with Gasteiger partial charge in [0.15, 0.2) is 0 Å². The fourth-order valence-corrected chi connectivity index (χ4v) is 15.1. The lowest BCUT2D eigenvalue weighted by molar-refractivity contribution is -0.385. The van der Waals surface area contributed by atoms with E-state index in [0.717, 1.165) is 10.9 Å². The molecular weight excluding hydrogens is 1550 g/mol. The number of aryl methyl sites for hydroxylation is 4. The summed E-state index contributed by atoms with van der Waals surface area (Å²) >= 11 is 0. The third-order valence-electron chi connectivity index (χ3n) is 21.0. The van der Waals surface area contributed by atoms with Crippen LogP contribution < -0.4 is 41.8 Å². The number of aromatic amines is 1. The van der Waals surface area contributed by atoms with Crippen LogP contribution >= 0.6 is 0 Å². The molecule has 120 heavy (non-hydrogen) atoms. The van der Waals surface area contributed by atoms with Crippen LogP contribution in [0.2, 0.25) is 0 Å². The highest BCUT2D eigenvalue weighted by atomic mass is 16.6. The molecule has 7 aromatic heterocycles. The van der Waals surface area contributed by atoms with Gasteiger partial charge in [-0.3, -0.25) is 83.7 Å². The first-order valence-electron chi connectivity index (χ1n) is 37.3. The van der Waals surface area contributed by atoms with E-state index < -0.39 is 54.5 Å². The second-order valence-corrected chi connectivity index (χ2v) is 27.5. The average Bonchev–Trinajstić information content (AvgIpc) is 0.777. The SMILES string of the molecule is C.C.C.C.CCOC(=O)c1c(N2CCN(C(=O)C3=CCC=N3)CC2)c2ccccc2n(C)c1=O.Cn1c(=O)c([N+](=O)[O-])c(N2CCN(C(=O)c3ccccn3)CC2)c2ccccc21.Cn1c(=O)c([N+](=O)[O-])c(N2CCN(C(=O)c3ccncc3)CC2)c2ccccc21.Cn1c(=O)c([N+](=O)[O-])c(N2CCN(C(=O)c3cnc[nH]3)CC2)c2ccccc21. The van der Waals surface area contributed by atoms with E-state index in [-0.39, 0.29) is 71.1 Å². The molecule has 36 nitrogen and oxygen atoms in total. The van der Waals surface area contributed by atoms with Crippen molar-refractivity contribution in [3.8, 4) is 0 Å². The largest absolute Gasteiger partial charge is 0.462 e. The van der Waals surface area contributed by atoms with E-state index in [9.17, 15) is 73.5 Å². The van der Waals surface area contributed by atoms with Gasteiger partial charge in [0.25, 0.3) is 29.2 Å². The smallest absolute Gasteiger partial charge is 0.357 e. The standard InChI is InChI=1S/C22H24N4O4.2C20H19N5O4.C18H18N6O4.4CH4/c1-3-30-22(29)18-19(15-7-4-5-9-17(15)24(2)21(18)28)25-11-13-26(14-12-25)20(27)16-8-6-10-23-16;1-22-16-8-3-2-6-14(16)17(18(20(22)27)25(28)29)23-10-12-24(13-11-23)19(26)15-7-4-5-9-21-15;1-22-16-5-3-2-4-15(16)17(18(20(22)27)25(28)29)23-10-12-24(13-11-23)19(26)14-6-8-21-9-7-14;1-21-14-5-3-2-4-12(14)15(16(18(21)26)24(27)28)22-6-8-23(9-7-22)17(25)13-10-19-11-20-13;;;;/h4-5,7-10H,3,6,11-14H2,1-2H3;2*2-9H,10-13H2,1H3;2-5,10-11H,6-9H2,1H3,(H,19,20);4*1H4. The van der Waals surface area contributed by atoms with Crippen molar-refractivity contribution in [3.63, 3.8) is 0 Å². The highest BCUT2D eigenvalue weighted by molar-refractivity contribution is 6.06. The van der Waals surface area contributed by atoms with Gasteiger partial charge in [-0.05, 0) is 61.5 Å². The Labute approximate surface area is 689 Å². The predicted molar refractivity (Wildman–Crippen MR) is 461 cm³/mol. The summed E-state index contributed by atoms with van der Waals surface area (Å²) < 4.78 is 10.6. The minimum atomic E-state index is -0.644. The van der Waals surface area contributed by atoms with Gasteiger partial charge in [-0.25, -0.2) is 9.78 Å². The Kier molecular flexibility index (Phi) is 28.9. The van der Waals surface area contributed by atoms with Crippen LogP contribution in [0.5, 0.6) is 0 Å². The number of fused-ring (bicyclic) bond motifs is 4. The lowest BCUT2D eigenvalue weighted by atomic mass is 10.1. The molecule has 0 aliphatic carbocycles. The summed E-state index contributed by atoms with van der Waals surface area (Å²) in [5, 5.41) is 37.9. The third-order valence-corrected chi connectivity index (χ3v) is 21.0. The molecule has 4 amide bonds. The van der Waals surface area contributed by atoms with Crippen molar-refractivity contribution >= 4 is 119 Å². The van der Waals surface area contributed by atoms with Gasteiger partial charge in [0, 0.05) is 191 Å². The highest BCUT2D eigenvalue weighted by Crippen LogP contribution is 2.38. The first-order valence-corrected chi connectivity index (χ1v) is 37.3. The number of nitro groups is 3. The molecule has 5 aliphatic heterocycles. The maximum atomic E-state index is 13.1. The van der Waals surface area contributed by atoms with Crippen LogP contribution in [-0.2, 0) is 37.7 Å². The summed E-state index contributed by atoms with van der Waals surface area (Å²) in [6.07, 6.45) is 11.8. The monoisotopic (exact) mass is 1640 g/mol. The molecule has 0 spiro atoms. The number of hydrogen-bond donors (Lipinski definition) is 1. The molecule has 0 unspecified atom stereocenters. The summed E-state index contributed by atoms with van der Waals surface area (Å²) in [4.78, 5) is 180. The number of para-hydroxylation sites is 4. The second kappa shape index (κ2) is 38.9. The van der Waals surface area contributed by atoms with Crippen molar-refractivity contribution < 1.29 is 43.5 Å². The molecule has 36 heteroatoms. The van der Waals surface area contributed by atoms with Crippen LogP contribution in [-0.4, -0.2) is 220 Å². The average molecular weight is 1640 g/mol. The minimum absolute atomic E-state index is 0. The van der Waals surface area contributed by atoms with Crippen LogP contribution in [0.1, 0.15) is 84.7 Å². The van der Waals surface area contributed by atoms with Crippen molar-refractivity contribution in [3.05, 3.63) is 265 Å². The predicted octanol–water partition coefficient (Wildman–Crippen LogP) is 9.01. The molecule has 16 rings (SSSR count). The van der Waals surface area contributed by atoms with Crippen molar-refractivity contribution in [2.24, 2.45) is 33.2 Å². The summed E-state index contributed by atoms with van der Waals surface area (Å²) in [6.45, 7) is 8.58. The number of amides is 4. The molecule has 12 heterocycles. The van der Waals surface area contributed by atoms with Gasteiger partial charge in [-0.2, -0.15) is 0 Å². The summed E-state index contributed by atoms with van der Waals surface area (Å²) in [6, 6.07) is 37.4. The zero-order valence-corrected chi connectivity index (χ0v) is 63.9. The molecule has 11 aromatic rings. The van der Waals surface area contributed by atoms with E-state index in [1.165, 1.54) is 51.9 Å². The number of esters is 1. The summed E-state index contributed by atoms with van der Waals surface area (Å²) in [7, 11) is 6.25. The number of pyridine rings is 6. The number of ether oxygens (including phenoxy) is 1. The van der Waals surface area contributed by atoms with Crippen molar-refractivity contribution in [2.45, 2.75) is 43.1 Å². The number of aromatic nitrogens is 8. The number of piperazine rings is 4. The van der Waals surface area contributed by atoms with Gasteiger partial charge < -0.3 is 67.2 Å². The molecule has 5 aliphatic rings. The Morgan fingerprint density at radius 1 is 0.425 bits per heavy atom. The number of hydrogen-bond acceptors (Lipinski definition) is 24. The Hall–Kier alpha value is -14.6. The second-order valence-electron chi connectivity index (χ2n) is 27.5. The van der Waals surface area contributed by atoms with Crippen molar-refractivity contribution in [2.75, 3.05) is 131 Å². The number of H-pyrrole nitrogens is 1. The Balaban J connectivity index is 0.000000180. The number of aliphatic imine (C=N–C) groups is 1. The van der Waals surface area contributed by atoms with Crippen molar-refractivity contribution in [1.29, 1.82) is 0 Å². The number of allylic oxidation sites excluding steroid dienone is 1. The van der Waals surface area contributed by atoms with E-state index in [1.54, 1.807) is 162 Å². The van der Waals surface area contributed by atoms with Crippen LogP contribution in [0.3, 0.4) is 0 Å². The van der Waals surface area contributed by atoms with E-state index in [4.69, 9.17) is 4.74 Å². The van der Waals surface area contributed by atoms with Gasteiger partial charge in [0.1, 0.15) is 39.7 Å². The fourth-order valence-electron chi connectivity index (χ4n) is 15.1. The molecule has 628 valence electrons. The first kappa shape index (κ1) is 89.3. The molecule has 4 saturated heterocycles. The number of rotatable bonds is 13. The van der Waals surface area contributed by atoms with Gasteiger partial charge >= 0.3 is 39.7 Å². The zero-order chi connectivity index (χ0) is 82.2. The molecule has 1 N–H and O–H groups in total. The lowest BCUT2D eigenvalue weighted by Crippen LogP contribution is -2.50. The molecule has 0 atom stereocenters. The normalized spacial score (nSPS) is 14.3. The lowest BCUT2D eigenvalue weighted by Gasteiger charge is -2.37. The van der Waals surface area contributed by atoms with E-state index >= 15 is 0 Å². The van der Waals surface area contributed by atoms with E-state index in [0.29, 0.717) is 189 Å². The number of imidazole rings is 1. The highest BCUT2D eigenvalue weighted by Gasteiger charge is 2.37. The van der Waals surface area contributed by atoms with Crippen molar-refractivity contribution in [1.82, 2.24) is 57.8 Å². The maximum absolute atomic E-state index is 13.1. The Morgan fingerprint density at radius 2 is 0.783 bits per heavy atom. The number of nitrogens with zero attached hydrogens (tertiary/aromatic N) is 19. The van der Waals surface area contributed by atoms with E-state index in [1.807, 2.05) is 49.9 Å². The summed E-state index contributed by atoms with van der Waals surface area (Å²) in [5.41, 5.74) is 2.41. The topological polar surface area (TPSA) is 405 Å². The van der Waals surface area contributed by atoms with Crippen LogP contribution in [0.25, 0.3) is 43.6 Å². The van der Waals surface area contributed by atoms with E-state index in [2.05, 4.69) is 24.9 Å². The molecular formula is C84H96N20O16. The number of benzene rings is 4. The molecule has 4 aromatic carbocycles. The fraction of sp³-hybridized carbons (Fsp3) is 0.321. The van der Waals surface area contributed by atoms with Gasteiger partial charge in [-0.1, -0.05) is 109 Å². The zero-order valence-electron chi connectivity index (χ0n) is 63.9. The van der Waals surface area contributed by atoms with Crippen LogP contribution in [0.15, 0.2) is 194 Å². The molecule has 0 bridgehead atoms. The number of carbonyl (C=O) groups excluding carboxylic acids is 5. The number of nitrogens with one attached hydrogen (secondary N) is 1. The van der Waals surface area contributed by atoms with Gasteiger partial charge in [-0.15, -0.1) is 0 Å². The maximum Gasteiger partial charge on any atom is 0.357 e. The third kappa shape index (κ3) is 17.9. The number of carbonyl (C=O) groups is 5. The minimum Gasteiger partial charge on any atom is -0.462 e. The quantitative estimate of drug-likeness (QED) is 0.0638. The molecule has 4 fully saturated rings. The number of anilines is 4. The first-order chi connectivity index (χ1) is 56.0. The molecule has 0 radical (unpaired) electrons. The van der Waals surface area contributed by atoms with Gasteiger partial charge in [0.2, 0.25) is 0 Å². The Morgan fingerprint density at radius 3 is 1.14 bits per heavy atom. The van der Waals surface area contributed by atoms with Gasteiger partial charge in [0.05, 0.1) is 61.7 Å². The van der Waals surface area contributed by atoms with Crippen LogP contribution in [0, 0.1) is 30.3 Å². The van der Waals surface area contributed by atoms with Crippen LogP contribution in [0.4, 0.5) is 39.8 Å².